The van der Waals surface area contributed by atoms with Crippen LogP contribution >= 0.6 is 0 Å². The van der Waals surface area contributed by atoms with E-state index in [0.717, 1.165) is 29.8 Å². The van der Waals surface area contributed by atoms with Crippen molar-refractivity contribution in [2.24, 2.45) is 0 Å². The first-order valence-corrected chi connectivity index (χ1v) is 11.7. The van der Waals surface area contributed by atoms with Crippen LogP contribution in [0.1, 0.15) is 22.6 Å². The molecule has 0 amide bonds. The summed E-state index contributed by atoms with van der Waals surface area (Å²) in [5, 5.41) is -0.372. The van der Waals surface area contributed by atoms with Gasteiger partial charge in [-0.05, 0) is 47.9 Å². The molecule has 0 aliphatic carbocycles. The number of methoxy groups -OCH3 is 1. The van der Waals surface area contributed by atoms with Crippen molar-refractivity contribution < 1.29 is 13.2 Å². The van der Waals surface area contributed by atoms with E-state index in [9.17, 15) is 8.42 Å². The molecule has 5 nitrogen and oxygen atoms in total. The summed E-state index contributed by atoms with van der Waals surface area (Å²) >= 11 is 0. The van der Waals surface area contributed by atoms with Crippen LogP contribution in [0.5, 0.6) is 5.88 Å². The Hall–Kier alpha value is -2.70. The van der Waals surface area contributed by atoms with Crippen LogP contribution in [0.25, 0.3) is 11.1 Å². The molecular formula is C24H24N2O3S. The first-order chi connectivity index (χ1) is 14.5. The zero-order valence-electron chi connectivity index (χ0n) is 17.1. The first-order valence-electron chi connectivity index (χ1n) is 10.1. The number of aryl methyl sites for hydroxylation is 1. The van der Waals surface area contributed by atoms with Crippen molar-refractivity contribution in [1.29, 1.82) is 0 Å². The molecule has 0 saturated carbocycles. The first kappa shape index (κ1) is 19.3. The fourth-order valence-electron chi connectivity index (χ4n) is 4.86. The van der Waals surface area contributed by atoms with E-state index in [4.69, 9.17) is 4.74 Å². The lowest BCUT2D eigenvalue weighted by atomic mass is 9.95. The summed E-state index contributed by atoms with van der Waals surface area (Å²) in [4.78, 5) is 7.03. The van der Waals surface area contributed by atoms with Gasteiger partial charge in [-0.2, -0.15) is 0 Å². The van der Waals surface area contributed by atoms with E-state index >= 15 is 0 Å². The zero-order chi connectivity index (χ0) is 20.9. The Morgan fingerprint density at radius 2 is 1.97 bits per heavy atom. The maximum absolute atomic E-state index is 13.2. The van der Waals surface area contributed by atoms with E-state index in [1.54, 1.807) is 19.4 Å². The van der Waals surface area contributed by atoms with Crippen LogP contribution in [0.3, 0.4) is 0 Å². The number of hydrogen-bond acceptors (Lipinski definition) is 5. The average Bonchev–Trinajstić information content (AvgIpc) is 3.25. The summed E-state index contributed by atoms with van der Waals surface area (Å²) in [6.07, 6.45) is 1.69. The van der Waals surface area contributed by atoms with Crippen LogP contribution in [0.2, 0.25) is 0 Å². The SMILES string of the molecule is COc1ncccc1-c1ccc2c(c1)[C@H]1CN(Cc3cccc(C)c3)C[C@H]1S2(=O)=O. The number of ether oxygens (including phenoxy) is 1. The second-order valence-corrected chi connectivity index (χ2v) is 10.3. The van der Waals surface area contributed by atoms with Crippen molar-refractivity contribution in [1.82, 2.24) is 9.88 Å². The standard InChI is InChI=1S/C24H24N2O3S/c1-16-5-3-6-17(11-16)13-26-14-21-20-12-18(19-7-4-10-25-24(19)29-2)8-9-22(20)30(27,28)23(21)15-26/h3-12,21,23H,13-15H2,1-2H3/t21-,23-/m1/s1. The summed E-state index contributed by atoms with van der Waals surface area (Å²) in [6, 6.07) is 17.9. The van der Waals surface area contributed by atoms with Crippen molar-refractivity contribution in [2.75, 3.05) is 20.2 Å². The topological polar surface area (TPSA) is 59.5 Å². The predicted octanol–water partition coefficient (Wildman–Crippen LogP) is 3.82. The van der Waals surface area contributed by atoms with Gasteiger partial charge in [0.2, 0.25) is 5.88 Å². The summed E-state index contributed by atoms with van der Waals surface area (Å²) in [5.74, 6) is 0.541. The molecular weight excluding hydrogens is 396 g/mol. The number of likely N-dealkylation sites (tertiary alicyclic amines) is 1. The number of aromatic nitrogens is 1. The molecule has 1 saturated heterocycles. The Morgan fingerprint density at radius 3 is 2.77 bits per heavy atom. The highest BCUT2D eigenvalue weighted by molar-refractivity contribution is 7.92. The van der Waals surface area contributed by atoms with Crippen molar-refractivity contribution in [3.8, 4) is 17.0 Å². The van der Waals surface area contributed by atoms with Gasteiger partial charge in [0, 0.05) is 37.3 Å². The number of sulfone groups is 1. The van der Waals surface area contributed by atoms with E-state index < -0.39 is 9.84 Å². The van der Waals surface area contributed by atoms with E-state index in [0.29, 0.717) is 17.3 Å². The molecule has 0 radical (unpaired) electrons. The predicted molar refractivity (Wildman–Crippen MR) is 116 cm³/mol. The van der Waals surface area contributed by atoms with Gasteiger partial charge in [-0.15, -0.1) is 0 Å². The van der Waals surface area contributed by atoms with Gasteiger partial charge in [0.05, 0.1) is 17.3 Å². The summed E-state index contributed by atoms with van der Waals surface area (Å²) in [6.45, 7) is 4.17. The van der Waals surface area contributed by atoms with Gasteiger partial charge in [0.15, 0.2) is 9.84 Å². The molecule has 2 aromatic carbocycles. The van der Waals surface area contributed by atoms with Crippen LogP contribution < -0.4 is 4.74 Å². The number of benzene rings is 2. The minimum absolute atomic E-state index is 0.00238. The van der Waals surface area contributed by atoms with Gasteiger partial charge in [0.25, 0.3) is 0 Å². The molecule has 154 valence electrons. The molecule has 5 rings (SSSR count). The fourth-order valence-corrected chi connectivity index (χ4v) is 7.06. The molecule has 30 heavy (non-hydrogen) atoms. The molecule has 0 spiro atoms. The molecule has 2 aliphatic rings. The molecule has 0 N–H and O–H groups in total. The average molecular weight is 421 g/mol. The molecule has 2 aliphatic heterocycles. The lowest BCUT2D eigenvalue weighted by Crippen LogP contribution is -2.25. The molecule has 3 heterocycles. The Bertz CT molecular complexity index is 1220. The molecule has 1 fully saturated rings. The second kappa shape index (κ2) is 7.22. The van der Waals surface area contributed by atoms with Crippen LogP contribution in [-0.4, -0.2) is 43.8 Å². The number of nitrogens with zero attached hydrogens (tertiary/aromatic N) is 2. The van der Waals surface area contributed by atoms with Crippen LogP contribution in [0.15, 0.2) is 65.7 Å². The van der Waals surface area contributed by atoms with Crippen LogP contribution in [0, 0.1) is 6.92 Å². The fraction of sp³-hybridized carbons (Fsp3) is 0.292. The minimum Gasteiger partial charge on any atom is -0.481 e. The summed E-state index contributed by atoms with van der Waals surface area (Å²) in [5.41, 5.74) is 5.18. The van der Waals surface area contributed by atoms with E-state index in [-0.39, 0.29) is 11.2 Å². The zero-order valence-corrected chi connectivity index (χ0v) is 17.9. The van der Waals surface area contributed by atoms with Gasteiger partial charge in [-0.25, -0.2) is 13.4 Å². The molecule has 6 heteroatoms. The van der Waals surface area contributed by atoms with Gasteiger partial charge in [0.1, 0.15) is 0 Å². The van der Waals surface area contributed by atoms with E-state index in [1.165, 1.54) is 11.1 Å². The largest absolute Gasteiger partial charge is 0.481 e. The van der Waals surface area contributed by atoms with Gasteiger partial charge in [-0.1, -0.05) is 35.9 Å². The Morgan fingerprint density at radius 1 is 1.10 bits per heavy atom. The lowest BCUT2D eigenvalue weighted by Gasteiger charge is -2.18. The Labute approximate surface area is 177 Å². The second-order valence-electron chi connectivity index (χ2n) is 8.19. The number of hydrogen-bond donors (Lipinski definition) is 0. The van der Waals surface area contributed by atoms with Gasteiger partial charge in [-0.3, -0.25) is 4.90 Å². The smallest absolute Gasteiger partial charge is 0.221 e. The summed E-state index contributed by atoms with van der Waals surface area (Å²) in [7, 11) is -1.72. The van der Waals surface area contributed by atoms with Crippen molar-refractivity contribution >= 4 is 9.84 Å². The third-order valence-corrected chi connectivity index (χ3v) is 8.48. The quantitative estimate of drug-likeness (QED) is 0.642. The van der Waals surface area contributed by atoms with Crippen LogP contribution in [0.4, 0.5) is 0 Å². The van der Waals surface area contributed by atoms with Crippen molar-refractivity contribution in [2.45, 2.75) is 29.5 Å². The van der Waals surface area contributed by atoms with Crippen LogP contribution in [-0.2, 0) is 16.4 Å². The molecule has 1 aromatic heterocycles. The molecule has 2 atom stereocenters. The van der Waals surface area contributed by atoms with Gasteiger partial charge >= 0.3 is 0 Å². The number of pyridine rings is 1. The Kier molecular flexibility index (Phi) is 4.64. The third-order valence-electron chi connectivity index (χ3n) is 6.22. The van der Waals surface area contributed by atoms with Gasteiger partial charge < -0.3 is 4.74 Å². The monoisotopic (exact) mass is 420 g/mol. The third kappa shape index (κ3) is 3.11. The van der Waals surface area contributed by atoms with E-state index in [2.05, 4.69) is 41.1 Å². The number of fused-ring (bicyclic) bond motifs is 3. The van der Waals surface area contributed by atoms with Crippen molar-refractivity contribution in [3.63, 3.8) is 0 Å². The highest BCUT2D eigenvalue weighted by Gasteiger charge is 2.50. The lowest BCUT2D eigenvalue weighted by molar-refractivity contribution is 0.325. The normalized spacial score (nSPS) is 21.9. The number of rotatable bonds is 4. The molecule has 3 aromatic rings. The van der Waals surface area contributed by atoms with Crippen molar-refractivity contribution in [3.05, 3.63) is 77.5 Å². The molecule has 0 unspecified atom stereocenters. The van der Waals surface area contributed by atoms with E-state index in [1.807, 2.05) is 24.3 Å². The summed E-state index contributed by atoms with van der Waals surface area (Å²) < 4.78 is 31.9. The molecule has 0 bridgehead atoms. The maximum atomic E-state index is 13.2. The Balaban J connectivity index is 1.49. The highest BCUT2D eigenvalue weighted by Crippen LogP contribution is 2.46. The highest BCUT2D eigenvalue weighted by atomic mass is 32.2. The maximum Gasteiger partial charge on any atom is 0.221 e. The minimum atomic E-state index is -3.32.